The number of rotatable bonds is 5. The highest BCUT2D eigenvalue weighted by molar-refractivity contribution is 9.10. The lowest BCUT2D eigenvalue weighted by atomic mass is 9.71. The van der Waals surface area contributed by atoms with Crippen molar-refractivity contribution in [1.29, 1.82) is 0 Å². The fraction of sp³-hybridized carbons (Fsp3) is 0.538. The number of hydrogen-bond acceptors (Lipinski definition) is 2. The van der Waals surface area contributed by atoms with Crippen LogP contribution < -0.4 is 0 Å². The van der Waals surface area contributed by atoms with Crippen LogP contribution in [0.1, 0.15) is 24.8 Å². The van der Waals surface area contributed by atoms with Crippen LogP contribution in [0.25, 0.3) is 0 Å². The summed E-state index contributed by atoms with van der Waals surface area (Å²) in [6.45, 7) is 1.54. The summed E-state index contributed by atoms with van der Waals surface area (Å²) in [5.74, 6) is 0.947. The molecule has 0 amide bonds. The van der Waals surface area contributed by atoms with Crippen molar-refractivity contribution in [3.63, 3.8) is 0 Å². The number of benzene rings is 1. The molecule has 1 fully saturated rings. The van der Waals surface area contributed by atoms with Gasteiger partial charge in [-0.25, -0.2) is 0 Å². The second kappa shape index (κ2) is 5.56. The molecule has 88 valence electrons. The maximum atomic E-state index is 5.82. The van der Waals surface area contributed by atoms with Crippen molar-refractivity contribution < 1.29 is 4.74 Å². The van der Waals surface area contributed by atoms with Gasteiger partial charge in [-0.3, -0.25) is 0 Å². The van der Waals surface area contributed by atoms with Crippen molar-refractivity contribution >= 4 is 28.6 Å². The van der Waals surface area contributed by atoms with Crippen molar-refractivity contribution in [2.45, 2.75) is 25.9 Å². The molecule has 0 heterocycles. The molecular formula is C13H17BrOS. The van der Waals surface area contributed by atoms with Gasteiger partial charge in [0.1, 0.15) is 0 Å². The van der Waals surface area contributed by atoms with Crippen LogP contribution in [0.2, 0.25) is 0 Å². The highest BCUT2D eigenvalue weighted by Gasteiger charge is 2.35. The first-order valence-corrected chi connectivity index (χ1v) is 7.10. The quantitative estimate of drug-likeness (QED) is 0.807. The smallest absolute Gasteiger partial charge is 0.0728 e. The summed E-state index contributed by atoms with van der Waals surface area (Å²) in [6.07, 6.45) is 3.87. The maximum Gasteiger partial charge on any atom is 0.0728 e. The van der Waals surface area contributed by atoms with E-state index in [-0.39, 0.29) is 0 Å². The Bertz CT molecular complexity index is 344. The standard InChI is InChI=1S/C13H17BrOS/c14-12-5-2-1-4-11(12)8-15-9-13(10-16)6-3-7-13/h1-2,4-5,16H,3,6-10H2. The average molecular weight is 301 g/mol. The second-order valence-electron chi connectivity index (χ2n) is 4.60. The van der Waals surface area contributed by atoms with Crippen molar-refractivity contribution in [2.24, 2.45) is 5.41 Å². The fourth-order valence-electron chi connectivity index (χ4n) is 2.02. The molecule has 1 aliphatic rings. The SMILES string of the molecule is SCC1(COCc2ccccc2Br)CCC1. The lowest BCUT2D eigenvalue weighted by molar-refractivity contribution is 0.00201. The molecule has 0 bridgehead atoms. The Morgan fingerprint density at radius 1 is 1.31 bits per heavy atom. The van der Waals surface area contributed by atoms with Gasteiger partial charge in [0.05, 0.1) is 13.2 Å². The minimum atomic E-state index is 0.365. The Morgan fingerprint density at radius 3 is 2.62 bits per heavy atom. The van der Waals surface area contributed by atoms with Gasteiger partial charge in [-0.05, 0) is 30.2 Å². The van der Waals surface area contributed by atoms with Gasteiger partial charge >= 0.3 is 0 Å². The lowest BCUT2D eigenvalue weighted by Gasteiger charge is -2.40. The predicted molar refractivity (Wildman–Crippen MR) is 73.9 cm³/mol. The first kappa shape index (κ1) is 12.5. The monoisotopic (exact) mass is 300 g/mol. The van der Waals surface area contributed by atoms with E-state index in [4.69, 9.17) is 4.74 Å². The average Bonchev–Trinajstić information content (AvgIpc) is 2.25. The number of hydrogen-bond donors (Lipinski definition) is 1. The molecule has 2 rings (SSSR count). The van der Waals surface area contributed by atoms with E-state index in [1.165, 1.54) is 24.8 Å². The zero-order valence-corrected chi connectivity index (χ0v) is 11.8. The summed E-state index contributed by atoms with van der Waals surface area (Å²) in [5.41, 5.74) is 1.58. The normalized spacial score (nSPS) is 18.1. The minimum Gasteiger partial charge on any atom is -0.376 e. The van der Waals surface area contributed by atoms with Crippen molar-refractivity contribution in [1.82, 2.24) is 0 Å². The van der Waals surface area contributed by atoms with E-state index in [2.05, 4.69) is 40.7 Å². The van der Waals surface area contributed by atoms with Gasteiger partial charge in [-0.1, -0.05) is 40.5 Å². The summed E-state index contributed by atoms with van der Waals surface area (Å²) in [4.78, 5) is 0. The first-order chi connectivity index (χ1) is 7.76. The number of thiol groups is 1. The van der Waals surface area contributed by atoms with E-state index in [1.54, 1.807) is 0 Å². The molecule has 16 heavy (non-hydrogen) atoms. The van der Waals surface area contributed by atoms with Gasteiger partial charge in [-0.2, -0.15) is 12.6 Å². The summed E-state index contributed by atoms with van der Waals surface area (Å²) < 4.78 is 6.95. The molecule has 1 aromatic carbocycles. The molecular weight excluding hydrogens is 284 g/mol. The summed E-state index contributed by atoms with van der Waals surface area (Å²) in [6, 6.07) is 8.21. The van der Waals surface area contributed by atoms with Gasteiger partial charge in [0.25, 0.3) is 0 Å². The Labute approximate surface area is 111 Å². The molecule has 0 N–H and O–H groups in total. The first-order valence-electron chi connectivity index (χ1n) is 5.68. The van der Waals surface area contributed by atoms with Gasteiger partial charge in [0.2, 0.25) is 0 Å². The molecule has 3 heteroatoms. The van der Waals surface area contributed by atoms with Gasteiger partial charge in [0.15, 0.2) is 0 Å². The van der Waals surface area contributed by atoms with Crippen LogP contribution in [0.3, 0.4) is 0 Å². The highest BCUT2D eigenvalue weighted by Crippen LogP contribution is 2.42. The zero-order valence-electron chi connectivity index (χ0n) is 9.29. The van der Waals surface area contributed by atoms with E-state index in [9.17, 15) is 0 Å². The van der Waals surface area contributed by atoms with Gasteiger partial charge in [0, 0.05) is 9.89 Å². The van der Waals surface area contributed by atoms with E-state index in [1.807, 2.05) is 12.1 Å². The molecule has 0 aromatic heterocycles. The van der Waals surface area contributed by atoms with E-state index < -0.39 is 0 Å². The molecule has 0 radical (unpaired) electrons. The molecule has 0 spiro atoms. The Balaban J connectivity index is 1.82. The van der Waals surface area contributed by atoms with Crippen LogP contribution in [-0.2, 0) is 11.3 Å². The van der Waals surface area contributed by atoms with E-state index >= 15 is 0 Å². The third-order valence-corrected chi connectivity index (χ3v) is 4.82. The summed E-state index contributed by atoms with van der Waals surface area (Å²) >= 11 is 7.95. The van der Waals surface area contributed by atoms with Crippen LogP contribution in [-0.4, -0.2) is 12.4 Å². The van der Waals surface area contributed by atoms with Crippen LogP contribution in [0.15, 0.2) is 28.7 Å². The Morgan fingerprint density at radius 2 is 2.06 bits per heavy atom. The zero-order chi connectivity index (χ0) is 11.4. The molecule has 1 aliphatic carbocycles. The lowest BCUT2D eigenvalue weighted by Crippen LogP contribution is -2.36. The molecule has 0 unspecified atom stereocenters. The highest BCUT2D eigenvalue weighted by atomic mass is 79.9. The predicted octanol–water partition coefficient (Wildman–Crippen LogP) is 4.07. The Kier molecular flexibility index (Phi) is 4.34. The van der Waals surface area contributed by atoms with Crippen LogP contribution in [0.4, 0.5) is 0 Å². The Hall–Kier alpha value is 0.01000. The molecule has 0 saturated heterocycles. The molecule has 1 saturated carbocycles. The summed E-state index contributed by atoms with van der Waals surface area (Å²) in [5, 5.41) is 0. The van der Waals surface area contributed by atoms with Crippen molar-refractivity contribution in [2.75, 3.05) is 12.4 Å². The topological polar surface area (TPSA) is 9.23 Å². The maximum absolute atomic E-state index is 5.82. The van der Waals surface area contributed by atoms with Gasteiger partial charge < -0.3 is 4.74 Å². The van der Waals surface area contributed by atoms with Crippen LogP contribution >= 0.6 is 28.6 Å². The van der Waals surface area contributed by atoms with Crippen molar-refractivity contribution in [3.8, 4) is 0 Å². The third-order valence-electron chi connectivity index (χ3n) is 3.37. The second-order valence-corrected chi connectivity index (χ2v) is 5.77. The molecule has 0 atom stereocenters. The summed E-state index contributed by atoms with van der Waals surface area (Å²) in [7, 11) is 0. The van der Waals surface area contributed by atoms with E-state index in [0.717, 1.165) is 16.8 Å². The third kappa shape index (κ3) is 2.82. The van der Waals surface area contributed by atoms with Gasteiger partial charge in [-0.15, -0.1) is 0 Å². The van der Waals surface area contributed by atoms with Crippen LogP contribution in [0, 0.1) is 5.41 Å². The molecule has 0 aliphatic heterocycles. The van der Waals surface area contributed by atoms with Crippen LogP contribution in [0.5, 0.6) is 0 Å². The largest absolute Gasteiger partial charge is 0.376 e. The fourth-order valence-corrected chi connectivity index (χ4v) is 2.82. The minimum absolute atomic E-state index is 0.365. The van der Waals surface area contributed by atoms with E-state index in [0.29, 0.717) is 12.0 Å². The molecule has 1 aromatic rings. The number of ether oxygens (including phenoxy) is 1. The molecule has 1 nitrogen and oxygen atoms in total. The van der Waals surface area contributed by atoms with Crippen molar-refractivity contribution in [3.05, 3.63) is 34.3 Å². The number of halogens is 1.